The van der Waals surface area contributed by atoms with Crippen molar-refractivity contribution in [3.05, 3.63) is 69.9 Å². The van der Waals surface area contributed by atoms with Gasteiger partial charge in [0, 0.05) is 11.5 Å². The van der Waals surface area contributed by atoms with Crippen molar-refractivity contribution in [1.29, 1.82) is 0 Å². The lowest BCUT2D eigenvalue weighted by atomic mass is 9.80. The quantitative estimate of drug-likeness (QED) is 0.626. The van der Waals surface area contributed by atoms with Gasteiger partial charge in [-0.3, -0.25) is 15.0 Å². The highest BCUT2D eigenvalue weighted by atomic mass is 79.9. The summed E-state index contributed by atoms with van der Waals surface area (Å²) < 4.78 is 20.4. The Morgan fingerprint density at radius 1 is 1.25 bits per heavy atom. The number of carbonyl (C=O) groups excluding carboxylic acids is 2. The fraction of sp³-hybridized carbons (Fsp3) is 0.375. The summed E-state index contributed by atoms with van der Waals surface area (Å²) >= 11 is 3.56. The highest BCUT2D eigenvalue weighted by Crippen LogP contribution is 2.39. The van der Waals surface area contributed by atoms with Crippen LogP contribution in [-0.4, -0.2) is 35.5 Å². The van der Waals surface area contributed by atoms with Crippen molar-refractivity contribution in [3.63, 3.8) is 0 Å². The molecule has 0 saturated heterocycles. The van der Waals surface area contributed by atoms with Crippen LogP contribution in [0.15, 0.2) is 58.0 Å². The Labute approximate surface area is 196 Å². The van der Waals surface area contributed by atoms with E-state index in [1.807, 2.05) is 24.3 Å². The maximum absolute atomic E-state index is 14.1. The molecule has 2 aromatic rings. The van der Waals surface area contributed by atoms with E-state index in [1.165, 1.54) is 17.0 Å². The normalized spacial score (nSPS) is 18.9. The van der Waals surface area contributed by atoms with Gasteiger partial charge >= 0.3 is 6.09 Å². The molecule has 1 N–H and O–H groups in total. The molecular formula is C24H27BrFN3O3. The summed E-state index contributed by atoms with van der Waals surface area (Å²) in [5.74, 6) is -0.569. The first-order valence-electron chi connectivity index (χ1n) is 10.3. The van der Waals surface area contributed by atoms with Crippen molar-refractivity contribution < 1.29 is 18.7 Å². The molecule has 1 heterocycles. The summed E-state index contributed by atoms with van der Waals surface area (Å²) in [6, 6.07) is 13.9. The molecule has 0 bridgehead atoms. The van der Waals surface area contributed by atoms with Crippen LogP contribution in [0, 0.1) is 5.82 Å². The second kappa shape index (κ2) is 9.40. The average molecular weight is 504 g/mol. The molecule has 2 amide bonds. The van der Waals surface area contributed by atoms with Crippen molar-refractivity contribution in [1.82, 2.24) is 10.2 Å². The van der Waals surface area contributed by atoms with Crippen LogP contribution in [0.1, 0.15) is 44.7 Å². The van der Waals surface area contributed by atoms with Gasteiger partial charge in [0.1, 0.15) is 11.4 Å². The third kappa shape index (κ3) is 5.73. The number of guanidine groups is 1. The number of nitrogens with one attached hydrogen (secondary N) is 1. The topological polar surface area (TPSA) is 71.0 Å². The maximum Gasteiger partial charge on any atom is 0.414 e. The van der Waals surface area contributed by atoms with Gasteiger partial charge in [0.2, 0.25) is 11.9 Å². The molecule has 1 atom stereocenters. The third-order valence-electron chi connectivity index (χ3n) is 5.20. The lowest BCUT2D eigenvalue weighted by Crippen LogP contribution is -2.52. The number of hydrogen-bond acceptors (Lipinski definition) is 4. The van der Waals surface area contributed by atoms with Crippen molar-refractivity contribution in [2.45, 2.75) is 51.2 Å². The first-order chi connectivity index (χ1) is 15.0. The Morgan fingerprint density at radius 3 is 2.62 bits per heavy atom. The summed E-state index contributed by atoms with van der Waals surface area (Å²) in [5, 5.41) is 2.60. The highest BCUT2D eigenvalue weighted by molar-refractivity contribution is 9.10. The zero-order valence-electron chi connectivity index (χ0n) is 18.6. The van der Waals surface area contributed by atoms with Crippen LogP contribution in [0.5, 0.6) is 0 Å². The summed E-state index contributed by atoms with van der Waals surface area (Å²) in [6.07, 6.45) is 0.379. The van der Waals surface area contributed by atoms with Gasteiger partial charge in [0.15, 0.2) is 0 Å². The number of aliphatic imine (C=N–C) groups is 1. The summed E-state index contributed by atoms with van der Waals surface area (Å²) in [6.45, 7) is 5.25. The Kier molecular flexibility index (Phi) is 7.03. The minimum atomic E-state index is -1.04. The number of alkyl carbamates (subject to hydrolysis) is 1. The standard InChI is InChI=1S/C24H27BrFN3O3/c1-23(2,3)32-22(31)27-21-28-24(15-20(30)29(21)4,17-9-7-10-18(26)14-17)13-12-16-8-5-6-11-19(16)25/h5-11,14H,12-13,15H2,1-4H3,(H,27,28,31). The van der Waals surface area contributed by atoms with E-state index in [0.29, 0.717) is 18.4 Å². The summed E-state index contributed by atoms with van der Waals surface area (Å²) in [4.78, 5) is 31.4. The minimum absolute atomic E-state index is 0.0525. The van der Waals surface area contributed by atoms with E-state index in [-0.39, 0.29) is 18.3 Å². The van der Waals surface area contributed by atoms with Crippen LogP contribution >= 0.6 is 15.9 Å². The molecule has 0 aromatic heterocycles. The monoisotopic (exact) mass is 503 g/mol. The Hall–Kier alpha value is -2.74. The zero-order chi connectivity index (χ0) is 23.5. The third-order valence-corrected chi connectivity index (χ3v) is 5.97. The predicted octanol–water partition coefficient (Wildman–Crippen LogP) is 5.16. The second-order valence-corrected chi connectivity index (χ2v) is 9.68. The second-order valence-electron chi connectivity index (χ2n) is 8.83. The van der Waals surface area contributed by atoms with Crippen molar-refractivity contribution in [2.24, 2.45) is 4.99 Å². The van der Waals surface area contributed by atoms with Crippen molar-refractivity contribution in [2.75, 3.05) is 7.05 Å². The number of hydrogen-bond donors (Lipinski definition) is 1. The number of aryl methyl sites for hydroxylation is 1. The smallest absolute Gasteiger partial charge is 0.414 e. The van der Waals surface area contributed by atoms with Crippen LogP contribution in [-0.2, 0) is 21.5 Å². The Balaban J connectivity index is 2.01. The van der Waals surface area contributed by atoms with Gasteiger partial charge in [-0.15, -0.1) is 0 Å². The van der Waals surface area contributed by atoms with Gasteiger partial charge in [0.25, 0.3) is 0 Å². The lowest BCUT2D eigenvalue weighted by molar-refractivity contribution is -0.128. The van der Waals surface area contributed by atoms with Crippen LogP contribution in [0.4, 0.5) is 9.18 Å². The largest absolute Gasteiger partial charge is 0.444 e. The van der Waals surface area contributed by atoms with Crippen molar-refractivity contribution in [3.8, 4) is 0 Å². The fourth-order valence-electron chi connectivity index (χ4n) is 3.59. The number of carbonyl (C=O) groups is 2. The molecule has 0 aliphatic carbocycles. The molecule has 1 aliphatic rings. The fourth-order valence-corrected chi connectivity index (χ4v) is 4.07. The van der Waals surface area contributed by atoms with Gasteiger partial charge in [0.05, 0.1) is 12.0 Å². The van der Waals surface area contributed by atoms with E-state index in [1.54, 1.807) is 40.0 Å². The first kappa shape index (κ1) is 23.9. The summed E-state index contributed by atoms with van der Waals surface area (Å²) in [7, 11) is 1.54. The molecule has 0 spiro atoms. The molecule has 6 nitrogen and oxygen atoms in total. The molecule has 8 heteroatoms. The Morgan fingerprint density at radius 2 is 1.97 bits per heavy atom. The molecule has 32 heavy (non-hydrogen) atoms. The van der Waals surface area contributed by atoms with Crippen LogP contribution in [0.3, 0.4) is 0 Å². The van der Waals surface area contributed by atoms with Gasteiger partial charge in [-0.05, 0) is 62.9 Å². The highest BCUT2D eigenvalue weighted by Gasteiger charge is 2.41. The molecule has 0 fully saturated rings. The maximum atomic E-state index is 14.1. The number of ether oxygens (including phenoxy) is 1. The van der Waals surface area contributed by atoms with Crippen LogP contribution in [0.25, 0.3) is 0 Å². The van der Waals surface area contributed by atoms with Gasteiger partial charge in [-0.2, -0.15) is 0 Å². The van der Waals surface area contributed by atoms with Gasteiger partial charge in [-0.1, -0.05) is 46.3 Å². The lowest BCUT2D eigenvalue weighted by Gasteiger charge is -2.38. The number of benzene rings is 2. The molecule has 170 valence electrons. The van der Waals surface area contributed by atoms with Gasteiger partial charge in [-0.25, -0.2) is 14.2 Å². The molecule has 1 aliphatic heterocycles. The molecule has 0 radical (unpaired) electrons. The number of amides is 2. The minimum Gasteiger partial charge on any atom is -0.444 e. The number of rotatable bonds is 4. The molecule has 0 saturated carbocycles. The molecule has 2 aromatic carbocycles. The molecular weight excluding hydrogens is 477 g/mol. The van der Waals surface area contributed by atoms with Crippen LogP contribution in [0.2, 0.25) is 0 Å². The summed E-state index contributed by atoms with van der Waals surface area (Å²) in [5.41, 5.74) is -0.118. The number of halogens is 2. The SMILES string of the molecule is CN1C(=O)CC(CCc2ccccc2Br)(c2cccc(F)c2)N=C1NC(=O)OC(C)(C)C. The number of nitrogens with zero attached hydrogens (tertiary/aromatic N) is 2. The van der Waals surface area contributed by atoms with Gasteiger partial charge < -0.3 is 4.74 Å². The van der Waals surface area contributed by atoms with E-state index in [4.69, 9.17) is 9.73 Å². The van der Waals surface area contributed by atoms with Crippen LogP contribution < -0.4 is 5.32 Å². The molecule has 3 rings (SSSR count). The van der Waals surface area contributed by atoms with E-state index in [2.05, 4.69) is 21.2 Å². The molecule has 1 unspecified atom stereocenters. The Bertz CT molecular complexity index is 1050. The van der Waals surface area contributed by atoms with E-state index >= 15 is 0 Å². The predicted molar refractivity (Wildman–Crippen MR) is 125 cm³/mol. The first-order valence-corrected chi connectivity index (χ1v) is 11.1. The van der Waals surface area contributed by atoms with E-state index in [9.17, 15) is 14.0 Å². The van der Waals surface area contributed by atoms with Crippen molar-refractivity contribution >= 4 is 33.9 Å². The van der Waals surface area contributed by atoms with E-state index in [0.717, 1.165) is 10.0 Å². The zero-order valence-corrected chi connectivity index (χ0v) is 20.2. The average Bonchev–Trinajstić information content (AvgIpc) is 2.69. The van der Waals surface area contributed by atoms with E-state index < -0.39 is 23.1 Å².